The van der Waals surface area contributed by atoms with Crippen LogP contribution in [0.2, 0.25) is 0 Å². The highest BCUT2D eigenvalue weighted by Crippen LogP contribution is 2.29. The molecule has 2 fully saturated rings. The second kappa shape index (κ2) is 6.49. The third-order valence-electron chi connectivity index (χ3n) is 4.72. The molecule has 1 N–H and O–H groups in total. The molecule has 3 nitrogen and oxygen atoms in total. The van der Waals surface area contributed by atoms with Gasteiger partial charge in [-0.2, -0.15) is 0 Å². The highest BCUT2D eigenvalue weighted by Gasteiger charge is 2.25. The van der Waals surface area contributed by atoms with Gasteiger partial charge in [0.2, 0.25) is 0 Å². The zero-order chi connectivity index (χ0) is 12.9. The van der Waals surface area contributed by atoms with Gasteiger partial charge in [-0.15, -0.1) is 0 Å². The molecule has 1 saturated carbocycles. The van der Waals surface area contributed by atoms with Crippen LogP contribution in [0.3, 0.4) is 0 Å². The average molecular weight is 259 g/mol. The number of rotatable bonds is 4. The molecule has 0 bridgehead atoms. The van der Waals surface area contributed by atoms with Gasteiger partial charge in [-0.05, 0) is 30.5 Å². The Morgan fingerprint density at radius 1 is 1.32 bits per heavy atom. The van der Waals surface area contributed by atoms with Gasteiger partial charge in [0.05, 0.1) is 0 Å². The molecule has 1 aromatic heterocycles. The molecule has 2 aliphatic rings. The van der Waals surface area contributed by atoms with E-state index in [4.69, 9.17) is 0 Å². The van der Waals surface area contributed by atoms with E-state index in [1.807, 2.05) is 12.4 Å². The Bertz CT molecular complexity index is 373. The minimum Gasteiger partial charge on any atom is -0.314 e. The summed E-state index contributed by atoms with van der Waals surface area (Å²) in [6, 6.07) is 4.79. The van der Waals surface area contributed by atoms with Gasteiger partial charge in [-0.1, -0.05) is 31.7 Å². The molecule has 0 aromatic carbocycles. The van der Waals surface area contributed by atoms with E-state index in [9.17, 15) is 0 Å². The van der Waals surface area contributed by atoms with Crippen LogP contribution in [0.15, 0.2) is 24.5 Å². The molecule has 1 unspecified atom stereocenters. The Balaban J connectivity index is 1.60. The van der Waals surface area contributed by atoms with Crippen LogP contribution in [0.4, 0.5) is 0 Å². The standard InChI is InChI=1S/C16H25N3/c1-2-5-14(4-1)7-10-19-11-9-18-13-16(19)15-6-3-8-17-12-15/h3,6,8,12,14,16,18H,1-2,4-5,7,9-11,13H2. The summed E-state index contributed by atoms with van der Waals surface area (Å²) in [6.45, 7) is 4.62. The highest BCUT2D eigenvalue weighted by molar-refractivity contribution is 5.15. The van der Waals surface area contributed by atoms with E-state index >= 15 is 0 Å². The maximum Gasteiger partial charge on any atom is 0.0488 e. The Hall–Kier alpha value is -0.930. The van der Waals surface area contributed by atoms with E-state index in [1.54, 1.807) is 0 Å². The predicted molar refractivity (Wildman–Crippen MR) is 78.0 cm³/mol. The summed E-state index contributed by atoms with van der Waals surface area (Å²) >= 11 is 0. The fourth-order valence-corrected chi connectivity index (χ4v) is 3.56. The highest BCUT2D eigenvalue weighted by atomic mass is 15.2. The largest absolute Gasteiger partial charge is 0.314 e. The van der Waals surface area contributed by atoms with E-state index in [-0.39, 0.29) is 0 Å². The number of nitrogens with zero attached hydrogens (tertiary/aromatic N) is 2. The van der Waals surface area contributed by atoms with Crippen molar-refractivity contribution < 1.29 is 0 Å². The van der Waals surface area contributed by atoms with Crippen LogP contribution in [0.5, 0.6) is 0 Å². The Kier molecular flexibility index (Phi) is 4.46. The number of hydrogen-bond donors (Lipinski definition) is 1. The van der Waals surface area contributed by atoms with Crippen LogP contribution in [0, 0.1) is 5.92 Å². The van der Waals surface area contributed by atoms with Crippen molar-refractivity contribution in [1.82, 2.24) is 15.2 Å². The summed E-state index contributed by atoms with van der Waals surface area (Å²) in [5, 5.41) is 3.52. The molecule has 3 rings (SSSR count). The lowest BCUT2D eigenvalue weighted by Gasteiger charge is -2.36. The van der Waals surface area contributed by atoms with E-state index in [1.165, 1.54) is 50.8 Å². The molecule has 1 atom stereocenters. The monoisotopic (exact) mass is 259 g/mol. The molecule has 1 aromatic rings. The van der Waals surface area contributed by atoms with Gasteiger partial charge in [0.1, 0.15) is 0 Å². The van der Waals surface area contributed by atoms with Crippen LogP contribution in [-0.4, -0.2) is 36.1 Å². The number of pyridine rings is 1. The van der Waals surface area contributed by atoms with Crippen molar-refractivity contribution in [1.29, 1.82) is 0 Å². The lowest BCUT2D eigenvalue weighted by molar-refractivity contribution is 0.151. The minimum absolute atomic E-state index is 0.517. The van der Waals surface area contributed by atoms with Gasteiger partial charge in [-0.25, -0.2) is 0 Å². The zero-order valence-corrected chi connectivity index (χ0v) is 11.7. The maximum atomic E-state index is 4.28. The first-order chi connectivity index (χ1) is 9.43. The number of nitrogens with one attached hydrogen (secondary N) is 1. The second-order valence-corrected chi connectivity index (χ2v) is 5.98. The molecule has 0 radical (unpaired) electrons. The summed E-state index contributed by atoms with van der Waals surface area (Å²) in [6.07, 6.45) is 11.1. The first-order valence-electron chi connectivity index (χ1n) is 7.78. The van der Waals surface area contributed by atoms with Crippen molar-refractivity contribution in [2.75, 3.05) is 26.2 Å². The predicted octanol–water partition coefficient (Wildman–Crippen LogP) is 2.61. The summed E-state index contributed by atoms with van der Waals surface area (Å²) in [4.78, 5) is 6.94. The summed E-state index contributed by atoms with van der Waals surface area (Å²) in [7, 11) is 0. The number of aromatic nitrogens is 1. The number of hydrogen-bond acceptors (Lipinski definition) is 3. The molecular weight excluding hydrogens is 234 g/mol. The minimum atomic E-state index is 0.517. The average Bonchev–Trinajstić information content (AvgIpc) is 3.00. The number of piperazine rings is 1. The molecule has 2 heterocycles. The molecule has 104 valence electrons. The van der Waals surface area contributed by atoms with Gasteiger partial charge in [-0.3, -0.25) is 9.88 Å². The van der Waals surface area contributed by atoms with Gasteiger partial charge >= 0.3 is 0 Å². The van der Waals surface area contributed by atoms with Gasteiger partial charge in [0.25, 0.3) is 0 Å². The van der Waals surface area contributed by atoms with Crippen LogP contribution < -0.4 is 5.32 Å². The Morgan fingerprint density at radius 2 is 2.21 bits per heavy atom. The smallest absolute Gasteiger partial charge is 0.0488 e. The molecule has 0 amide bonds. The maximum absolute atomic E-state index is 4.28. The summed E-state index contributed by atoms with van der Waals surface area (Å²) < 4.78 is 0. The summed E-state index contributed by atoms with van der Waals surface area (Å²) in [5.41, 5.74) is 1.36. The van der Waals surface area contributed by atoms with E-state index in [0.717, 1.165) is 19.0 Å². The SMILES string of the molecule is c1cncc(C2CNCCN2CCC2CCCC2)c1. The van der Waals surface area contributed by atoms with Gasteiger partial charge in [0.15, 0.2) is 0 Å². The first kappa shape index (κ1) is 13.1. The van der Waals surface area contributed by atoms with E-state index < -0.39 is 0 Å². The van der Waals surface area contributed by atoms with Crippen molar-refractivity contribution in [3.8, 4) is 0 Å². The van der Waals surface area contributed by atoms with Crippen molar-refractivity contribution in [2.24, 2.45) is 5.92 Å². The fourth-order valence-electron chi connectivity index (χ4n) is 3.56. The van der Waals surface area contributed by atoms with Gasteiger partial charge < -0.3 is 5.32 Å². The molecule has 1 aliphatic heterocycles. The quantitative estimate of drug-likeness (QED) is 0.901. The van der Waals surface area contributed by atoms with E-state index in [0.29, 0.717) is 6.04 Å². The zero-order valence-electron chi connectivity index (χ0n) is 11.7. The van der Waals surface area contributed by atoms with Gasteiger partial charge in [0, 0.05) is 38.1 Å². The fraction of sp³-hybridized carbons (Fsp3) is 0.688. The van der Waals surface area contributed by atoms with Crippen molar-refractivity contribution in [3.63, 3.8) is 0 Å². The van der Waals surface area contributed by atoms with Crippen molar-refractivity contribution >= 4 is 0 Å². The topological polar surface area (TPSA) is 28.2 Å². The van der Waals surface area contributed by atoms with Crippen LogP contribution >= 0.6 is 0 Å². The Labute approximate surface area is 116 Å². The van der Waals surface area contributed by atoms with Crippen LogP contribution in [-0.2, 0) is 0 Å². The normalized spacial score (nSPS) is 25.8. The lowest BCUT2D eigenvalue weighted by Crippen LogP contribution is -2.46. The molecular formula is C16H25N3. The first-order valence-corrected chi connectivity index (χ1v) is 7.78. The lowest BCUT2D eigenvalue weighted by atomic mass is 10.0. The third-order valence-corrected chi connectivity index (χ3v) is 4.72. The van der Waals surface area contributed by atoms with Crippen LogP contribution in [0.25, 0.3) is 0 Å². The molecule has 1 aliphatic carbocycles. The second-order valence-electron chi connectivity index (χ2n) is 5.98. The third kappa shape index (κ3) is 3.34. The Morgan fingerprint density at radius 3 is 3.00 bits per heavy atom. The molecule has 3 heteroatoms. The summed E-state index contributed by atoms with van der Waals surface area (Å²) in [5.74, 6) is 0.990. The van der Waals surface area contributed by atoms with Crippen molar-refractivity contribution in [3.05, 3.63) is 30.1 Å². The molecule has 19 heavy (non-hydrogen) atoms. The van der Waals surface area contributed by atoms with Crippen molar-refractivity contribution in [2.45, 2.75) is 38.1 Å². The van der Waals surface area contributed by atoms with Crippen LogP contribution in [0.1, 0.15) is 43.7 Å². The van der Waals surface area contributed by atoms with E-state index in [2.05, 4.69) is 27.3 Å². The molecule has 0 spiro atoms. The molecule has 1 saturated heterocycles.